The molecule has 1 aliphatic heterocycles. The van der Waals surface area contributed by atoms with Crippen molar-refractivity contribution in [2.24, 2.45) is 0 Å². The molecule has 46 valence electrons. The van der Waals surface area contributed by atoms with Gasteiger partial charge in [0.2, 0.25) is 0 Å². The van der Waals surface area contributed by atoms with Crippen molar-refractivity contribution in [2.45, 2.75) is 12.2 Å². The van der Waals surface area contributed by atoms with Crippen LogP contribution in [0.1, 0.15) is 0 Å². The summed E-state index contributed by atoms with van der Waals surface area (Å²) in [5.74, 6) is -1.25. The van der Waals surface area contributed by atoms with Crippen LogP contribution in [0.5, 0.6) is 0 Å². The van der Waals surface area contributed by atoms with Crippen LogP contribution in [-0.4, -0.2) is 29.9 Å². The first-order chi connectivity index (χ1) is 3.75. The molecule has 0 spiro atoms. The third kappa shape index (κ3) is 2.23. The predicted octanol–water partition coefficient (Wildman–Crippen LogP) is -5.50. The maximum Gasteiger partial charge on any atom is 1.00 e. The van der Waals surface area contributed by atoms with Crippen LogP contribution in [0.25, 0.3) is 0 Å². The molecule has 4 nitrogen and oxygen atoms in total. The fraction of sp³-hybridized carbons (Fsp3) is 0.750. The van der Waals surface area contributed by atoms with Gasteiger partial charge in [0.1, 0.15) is 12.2 Å². The maximum absolute atomic E-state index is 9.78. The second-order valence-electron chi connectivity index (χ2n) is 1.60. The van der Waals surface area contributed by atoms with Crippen molar-refractivity contribution in [3.63, 3.8) is 0 Å². The number of aliphatic carboxylic acids is 1. The first-order valence-corrected chi connectivity index (χ1v) is 2.23. The molecule has 1 saturated heterocycles. The summed E-state index contributed by atoms with van der Waals surface area (Å²) < 4.78 is 4.42. The molecule has 1 aliphatic rings. The van der Waals surface area contributed by atoms with E-state index in [-0.39, 0.29) is 36.2 Å². The fourth-order valence-corrected chi connectivity index (χ4v) is 0.489. The van der Waals surface area contributed by atoms with Crippen LogP contribution in [-0.2, 0) is 9.53 Å². The number of carboxylic acids is 1. The summed E-state index contributed by atoms with van der Waals surface area (Å²) in [5.41, 5.74) is 0. The Morgan fingerprint density at radius 2 is 2.33 bits per heavy atom. The van der Waals surface area contributed by atoms with Gasteiger partial charge in [-0.25, -0.2) is 0 Å². The SMILES string of the molecule is O=C([O-])[C@H]1O[C@H]1CO.[Na+]. The Bertz CT molecular complexity index is 115. The molecule has 0 bridgehead atoms. The van der Waals surface area contributed by atoms with E-state index in [9.17, 15) is 9.90 Å². The minimum atomic E-state index is -1.25. The van der Waals surface area contributed by atoms with Gasteiger partial charge >= 0.3 is 29.6 Å². The van der Waals surface area contributed by atoms with Gasteiger partial charge in [0.25, 0.3) is 0 Å². The average Bonchev–Trinajstić information content (AvgIpc) is 2.42. The van der Waals surface area contributed by atoms with Gasteiger partial charge in [-0.3, -0.25) is 0 Å². The second kappa shape index (κ2) is 3.53. The van der Waals surface area contributed by atoms with E-state index in [1.807, 2.05) is 0 Å². The molecule has 1 fully saturated rings. The van der Waals surface area contributed by atoms with Crippen LogP contribution in [0.2, 0.25) is 0 Å². The van der Waals surface area contributed by atoms with Gasteiger partial charge in [0.05, 0.1) is 12.6 Å². The van der Waals surface area contributed by atoms with E-state index in [0.29, 0.717) is 0 Å². The minimum Gasteiger partial charge on any atom is -0.547 e. The Morgan fingerprint density at radius 1 is 1.78 bits per heavy atom. The topological polar surface area (TPSA) is 72.9 Å². The molecule has 1 rings (SSSR count). The van der Waals surface area contributed by atoms with Crippen LogP contribution in [0, 0.1) is 0 Å². The van der Waals surface area contributed by atoms with E-state index in [1.165, 1.54) is 0 Å². The Balaban J connectivity index is 0.000000640. The molecule has 1 heterocycles. The van der Waals surface area contributed by atoms with Crippen molar-refractivity contribution in [3.05, 3.63) is 0 Å². The Hall–Kier alpha value is 0.390. The summed E-state index contributed by atoms with van der Waals surface area (Å²) in [4.78, 5) is 9.78. The number of aliphatic hydroxyl groups excluding tert-OH is 1. The largest absolute Gasteiger partial charge is 1.00 e. The average molecular weight is 140 g/mol. The van der Waals surface area contributed by atoms with Gasteiger partial charge < -0.3 is 19.7 Å². The number of ether oxygens (including phenoxy) is 1. The Labute approximate surface area is 74.1 Å². The van der Waals surface area contributed by atoms with Crippen molar-refractivity contribution < 1.29 is 49.3 Å². The number of rotatable bonds is 2. The summed E-state index contributed by atoms with van der Waals surface area (Å²) in [6, 6.07) is 0. The Kier molecular flexibility index (Phi) is 3.68. The zero-order valence-corrected chi connectivity index (χ0v) is 7.03. The molecule has 0 amide bonds. The molecule has 1 N–H and O–H groups in total. The normalized spacial score (nSPS) is 30.8. The molecule has 0 aromatic rings. The van der Waals surface area contributed by atoms with E-state index in [4.69, 9.17) is 5.11 Å². The standard InChI is InChI=1S/C4H6O4.Na/c5-1-2-3(8-2)4(6)7;/h2-3,5H,1H2,(H,6,7);/q;+1/p-1/t2-,3-;/m0./s1. The summed E-state index contributed by atoms with van der Waals surface area (Å²) in [6.45, 7) is -0.237. The zero-order chi connectivity index (χ0) is 6.15. The maximum atomic E-state index is 9.78. The number of carbonyl (C=O) groups is 1. The van der Waals surface area contributed by atoms with E-state index in [1.54, 1.807) is 0 Å². The predicted molar refractivity (Wildman–Crippen MR) is 20.8 cm³/mol. The summed E-state index contributed by atoms with van der Waals surface area (Å²) >= 11 is 0. The monoisotopic (exact) mass is 140 g/mol. The molecular weight excluding hydrogens is 135 g/mol. The molecule has 0 aliphatic carbocycles. The number of carboxylic acid groups (broad SMARTS) is 1. The van der Waals surface area contributed by atoms with Crippen LogP contribution >= 0.6 is 0 Å². The minimum absolute atomic E-state index is 0. The molecule has 9 heavy (non-hydrogen) atoms. The Morgan fingerprint density at radius 3 is 2.44 bits per heavy atom. The smallest absolute Gasteiger partial charge is 0.547 e. The molecule has 0 unspecified atom stereocenters. The summed E-state index contributed by atoms with van der Waals surface area (Å²) in [5, 5.41) is 18.0. The van der Waals surface area contributed by atoms with Crippen LogP contribution < -0.4 is 34.7 Å². The van der Waals surface area contributed by atoms with Gasteiger partial charge in [-0.1, -0.05) is 0 Å². The van der Waals surface area contributed by atoms with E-state index in [2.05, 4.69) is 4.74 Å². The van der Waals surface area contributed by atoms with Crippen molar-refractivity contribution >= 4 is 5.97 Å². The molecule has 0 radical (unpaired) electrons. The van der Waals surface area contributed by atoms with Gasteiger partial charge in [0, 0.05) is 0 Å². The number of carbonyl (C=O) groups excluding carboxylic acids is 1. The van der Waals surface area contributed by atoms with Crippen molar-refractivity contribution in [1.29, 1.82) is 0 Å². The van der Waals surface area contributed by atoms with Gasteiger partial charge in [-0.2, -0.15) is 0 Å². The number of epoxide rings is 1. The molecule has 2 atom stereocenters. The van der Waals surface area contributed by atoms with E-state index < -0.39 is 18.2 Å². The van der Waals surface area contributed by atoms with Crippen LogP contribution in [0.4, 0.5) is 0 Å². The molecule has 5 heteroatoms. The fourth-order valence-electron chi connectivity index (χ4n) is 0.489. The van der Waals surface area contributed by atoms with Crippen LogP contribution in [0.15, 0.2) is 0 Å². The summed E-state index contributed by atoms with van der Waals surface area (Å²) in [6.07, 6.45) is -1.38. The third-order valence-corrected chi connectivity index (χ3v) is 0.995. The van der Waals surface area contributed by atoms with Crippen LogP contribution in [0.3, 0.4) is 0 Å². The first kappa shape index (κ1) is 9.39. The van der Waals surface area contributed by atoms with Crippen molar-refractivity contribution in [1.82, 2.24) is 0 Å². The first-order valence-electron chi connectivity index (χ1n) is 2.23. The van der Waals surface area contributed by atoms with Gasteiger partial charge in [-0.15, -0.1) is 0 Å². The molecule has 0 aromatic carbocycles. The second-order valence-corrected chi connectivity index (χ2v) is 1.60. The number of hydrogen-bond donors (Lipinski definition) is 1. The van der Waals surface area contributed by atoms with Gasteiger partial charge in [0.15, 0.2) is 0 Å². The number of hydrogen-bond acceptors (Lipinski definition) is 4. The van der Waals surface area contributed by atoms with Gasteiger partial charge in [-0.05, 0) is 0 Å². The van der Waals surface area contributed by atoms with E-state index >= 15 is 0 Å². The van der Waals surface area contributed by atoms with E-state index in [0.717, 1.165) is 0 Å². The van der Waals surface area contributed by atoms with Crippen molar-refractivity contribution in [3.8, 4) is 0 Å². The molecule has 0 saturated carbocycles. The molecular formula is C4H5NaO4. The zero-order valence-electron chi connectivity index (χ0n) is 5.03. The van der Waals surface area contributed by atoms with Crippen molar-refractivity contribution in [2.75, 3.05) is 6.61 Å². The number of aliphatic hydroxyl groups is 1. The molecule has 0 aromatic heterocycles. The quantitative estimate of drug-likeness (QED) is 0.307. The summed E-state index contributed by atoms with van der Waals surface area (Å²) in [7, 11) is 0. The third-order valence-electron chi connectivity index (χ3n) is 0.995.